The average molecular weight is 313 g/mol. The molecule has 0 aliphatic rings. The molecule has 0 atom stereocenters. The molecule has 0 saturated heterocycles. The van der Waals surface area contributed by atoms with Gasteiger partial charge in [0.15, 0.2) is 0 Å². The van der Waals surface area contributed by atoms with Crippen LogP contribution in [0.25, 0.3) is 0 Å². The van der Waals surface area contributed by atoms with Gasteiger partial charge < -0.3 is 10.6 Å². The molecule has 0 spiro atoms. The van der Waals surface area contributed by atoms with Gasteiger partial charge in [-0.15, -0.1) is 0 Å². The van der Waals surface area contributed by atoms with E-state index in [-0.39, 0.29) is 17.3 Å². The third-order valence-corrected chi connectivity index (χ3v) is 4.25. The van der Waals surface area contributed by atoms with E-state index in [2.05, 4.69) is 15.4 Å². The minimum atomic E-state index is -3.56. The number of sulfonamides is 1. The SMILES string of the molecule is CCCNC(=O)CNc1ccccc1S(=O)(=O)NCCC. The lowest BCUT2D eigenvalue weighted by molar-refractivity contribution is -0.119. The monoisotopic (exact) mass is 313 g/mol. The van der Waals surface area contributed by atoms with E-state index in [1.54, 1.807) is 18.2 Å². The molecule has 1 rings (SSSR count). The van der Waals surface area contributed by atoms with Crippen molar-refractivity contribution in [3.8, 4) is 0 Å². The maximum Gasteiger partial charge on any atom is 0.242 e. The van der Waals surface area contributed by atoms with Crippen LogP contribution in [0.5, 0.6) is 0 Å². The molecule has 0 saturated carbocycles. The van der Waals surface area contributed by atoms with E-state index in [1.165, 1.54) is 6.07 Å². The van der Waals surface area contributed by atoms with Crippen LogP contribution in [-0.2, 0) is 14.8 Å². The van der Waals surface area contributed by atoms with Crippen LogP contribution in [0.3, 0.4) is 0 Å². The van der Waals surface area contributed by atoms with Crippen molar-refractivity contribution in [2.24, 2.45) is 0 Å². The quantitative estimate of drug-likeness (QED) is 0.641. The molecule has 0 radical (unpaired) electrons. The van der Waals surface area contributed by atoms with Gasteiger partial charge in [0.25, 0.3) is 0 Å². The van der Waals surface area contributed by atoms with Crippen molar-refractivity contribution in [1.29, 1.82) is 0 Å². The number of hydrogen-bond donors (Lipinski definition) is 3. The average Bonchev–Trinajstić information content (AvgIpc) is 2.49. The zero-order chi connectivity index (χ0) is 15.7. The van der Waals surface area contributed by atoms with E-state index in [0.29, 0.717) is 25.2 Å². The number of carbonyl (C=O) groups is 1. The first-order chi connectivity index (χ1) is 10.0. The van der Waals surface area contributed by atoms with Crippen molar-refractivity contribution >= 4 is 21.6 Å². The van der Waals surface area contributed by atoms with Gasteiger partial charge in [0.2, 0.25) is 15.9 Å². The number of carbonyl (C=O) groups excluding carboxylic acids is 1. The fraction of sp³-hybridized carbons (Fsp3) is 0.500. The Labute approximate surface area is 126 Å². The van der Waals surface area contributed by atoms with Crippen LogP contribution in [0.1, 0.15) is 26.7 Å². The molecule has 0 aliphatic carbocycles. The Hall–Kier alpha value is -1.60. The molecule has 21 heavy (non-hydrogen) atoms. The highest BCUT2D eigenvalue weighted by Gasteiger charge is 2.17. The van der Waals surface area contributed by atoms with E-state index < -0.39 is 10.0 Å². The Morgan fingerprint density at radius 2 is 1.76 bits per heavy atom. The molecule has 118 valence electrons. The first-order valence-corrected chi connectivity index (χ1v) is 8.58. The second kappa shape index (κ2) is 8.63. The van der Waals surface area contributed by atoms with E-state index in [9.17, 15) is 13.2 Å². The molecule has 3 N–H and O–H groups in total. The molecule has 0 heterocycles. The van der Waals surface area contributed by atoms with E-state index in [0.717, 1.165) is 6.42 Å². The predicted molar refractivity (Wildman–Crippen MR) is 83.7 cm³/mol. The van der Waals surface area contributed by atoms with Crippen LogP contribution in [-0.4, -0.2) is 34.0 Å². The highest BCUT2D eigenvalue weighted by molar-refractivity contribution is 7.89. The van der Waals surface area contributed by atoms with Crippen LogP contribution in [0, 0.1) is 0 Å². The summed E-state index contributed by atoms with van der Waals surface area (Å²) in [7, 11) is -3.56. The van der Waals surface area contributed by atoms with Crippen molar-refractivity contribution in [3.05, 3.63) is 24.3 Å². The number of amides is 1. The number of nitrogens with one attached hydrogen (secondary N) is 3. The summed E-state index contributed by atoms with van der Waals surface area (Å²) in [5.41, 5.74) is 0.424. The van der Waals surface area contributed by atoms with E-state index in [1.807, 2.05) is 13.8 Å². The van der Waals surface area contributed by atoms with Gasteiger partial charge in [-0.3, -0.25) is 4.79 Å². The lowest BCUT2D eigenvalue weighted by Crippen LogP contribution is -2.31. The maximum absolute atomic E-state index is 12.2. The molecular weight excluding hydrogens is 290 g/mol. The van der Waals surface area contributed by atoms with E-state index >= 15 is 0 Å². The summed E-state index contributed by atoms with van der Waals surface area (Å²) in [5, 5.41) is 5.60. The van der Waals surface area contributed by atoms with Crippen LogP contribution >= 0.6 is 0 Å². The highest BCUT2D eigenvalue weighted by atomic mass is 32.2. The molecule has 0 bridgehead atoms. The van der Waals surface area contributed by atoms with Crippen molar-refractivity contribution in [2.75, 3.05) is 25.0 Å². The first-order valence-electron chi connectivity index (χ1n) is 7.10. The maximum atomic E-state index is 12.2. The molecule has 1 aromatic carbocycles. The van der Waals surface area contributed by atoms with Gasteiger partial charge in [0.05, 0.1) is 12.2 Å². The summed E-state index contributed by atoms with van der Waals surface area (Å²) in [4.78, 5) is 11.7. The number of hydrogen-bond acceptors (Lipinski definition) is 4. The van der Waals surface area contributed by atoms with Crippen molar-refractivity contribution in [2.45, 2.75) is 31.6 Å². The number of rotatable bonds is 9. The van der Waals surface area contributed by atoms with Gasteiger partial charge in [-0.05, 0) is 25.0 Å². The summed E-state index contributed by atoms with van der Waals surface area (Å²) in [5.74, 6) is -0.162. The van der Waals surface area contributed by atoms with Gasteiger partial charge in [-0.1, -0.05) is 26.0 Å². The predicted octanol–water partition coefficient (Wildman–Crippen LogP) is 1.31. The Morgan fingerprint density at radius 1 is 1.10 bits per heavy atom. The number of para-hydroxylation sites is 1. The minimum absolute atomic E-state index is 0.0420. The molecule has 0 aliphatic heterocycles. The second-order valence-corrected chi connectivity index (χ2v) is 6.33. The van der Waals surface area contributed by atoms with Crippen LogP contribution in [0.2, 0.25) is 0 Å². The third kappa shape index (κ3) is 5.73. The Morgan fingerprint density at radius 3 is 2.43 bits per heavy atom. The normalized spacial score (nSPS) is 11.1. The van der Waals surface area contributed by atoms with Crippen molar-refractivity contribution in [1.82, 2.24) is 10.0 Å². The van der Waals surface area contributed by atoms with Gasteiger partial charge >= 0.3 is 0 Å². The first kappa shape index (κ1) is 17.5. The summed E-state index contributed by atoms with van der Waals surface area (Å²) in [6.07, 6.45) is 1.58. The molecule has 0 aromatic heterocycles. The third-order valence-electron chi connectivity index (χ3n) is 2.73. The molecule has 7 heteroatoms. The standard InChI is InChI=1S/C14H23N3O3S/c1-3-9-15-14(18)11-16-12-7-5-6-8-13(12)21(19,20)17-10-4-2/h5-8,16-17H,3-4,9-11H2,1-2H3,(H,15,18). The Balaban J connectivity index is 2.78. The fourth-order valence-corrected chi connectivity index (χ4v) is 2.98. The summed E-state index contributed by atoms with van der Waals surface area (Å²) in [6, 6.07) is 6.55. The van der Waals surface area contributed by atoms with Gasteiger partial charge in [0, 0.05) is 13.1 Å². The minimum Gasteiger partial charge on any atom is -0.375 e. The zero-order valence-corrected chi connectivity index (χ0v) is 13.3. The topological polar surface area (TPSA) is 87.3 Å². The molecule has 6 nitrogen and oxygen atoms in total. The van der Waals surface area contributed by atoms with Crippen molar-refractivity contribution in [3.63, 3.8) is 0 Å². The van der Waals surface area contributed by atoms with Crippen molar-refractivity contribution < 1.29 is 13.2 Å². The zero-order valence-electron chi connectivity index (χ0n) is 12.5. The summed E-state index contributed by atoms with van der Waals surface area (Å²) in [6.45, 7) is 4.90. The Kier molecular flexibility index (Phi) is 7.18. The van der Waals surface area contributed by atoms with Crippen LogP contribution in [0.4, 0.5) is 5.69 Å². The van der Waals surface area contributed by atoms with Gasteiger partial charge in [-0.2, -0.15) is 0 Å². The van der Waals surface area contributed by atoms with Crippen LogP contribution < -0.4 is 15.4 Å². The lowest BCUT2D eigenvalue weighted by atomic mass is 10.3. The van der Waals surface area contributed by atoms with Gasteiger partial charge in [0.1, 0.15) is 4.90 Å². The van der Waals surface area contributed by atoms with E-state index in [4.69, 9.17) is 0 Å². The highest BCUT2D eigenvalue weighted by Crippen LogP contribution is 2.20. The number of anilines is 1. The second-order valence-electron chi connectivity index (χ2n) is 4.60. The molecular formula is C14H23N3O3S. The molecule has 0 unspecified atom stereocenters. The molecule has 1 aromatic rings. The molecule has 1 amide bonds. The van der Waals surface area contributed by atoms with Gasteiger partial charge in [-0.25, -0.2) is 13.1 Å². The summed E-state index contributed by atoms with van der Waals surface area (Å²) >= 11 is 0. The Bertz CT molecular complexity index is 558. The van der Waals surface area contributed by atoms with Crippen LogP contribution in [0.15, 0.2) is 29.2 Å². The largest absolute Gasteiger partial charge is 0.375 e. The smallest absolute Gasteiger partial charge is 0.242 e. The molecule has 0 fully saturated rings. The fourth-order valence-electron chi connectivity index (χ4n) is 1.66. The lowest BCUT2D eigenvalue weighted by Gasteiger charge is -2.13. The number of benzene rings is 1. The summed E-state index contributed by atoms with van der Waals surface area (Å²) < 4.78 is 26.9.